The molecule has 10 heteroatoms. The summed E-state index contributed by atoms with van der Waals surface area (Å²) in [5.41, 5.74) is 7.33. The zero-order valence-electron chi connectivity index (χ0n) is 15.4. The molecule has 0 saturated heterocycles. The van der Waals surface area contributed by atoms with Gasteiger partial charge in [0.05, 0.1) is 27.4 Å². The van der Waals surface area contributed by atoms with Crippen molar-refractivity contribution in [2.24, 2.45) is 0 Å². The van der Waals surface area contributed by atoms with Gasteiger partial charge < -0.3 is 43.1 Å². The van der Waals surface area contributed by atoms with Crippen molar-refractivity contribution in [1.82, 2.24) is 0 Å². The Morgan fingerprint density at radius 1 is 1.19 bits per heavy atom. The first-order valence-electron chi connectivity index (χ1n) is 7.77. The number of hydrogen-bond acceptors (Lipinski definition) is 6. The van der Waals surface area contributed by atoms with Crippen LogP contribution in [0.4, 0.5) is 22.1 Å². The number of nitrogens with one attached hydrogen (secondary N) is 3. The maximum atomic E-state index is 11.4. The van der Waals surface area contributed by atoms with Crippen LogP contribution in [-0.4, -0.2) is 32.4 Å². The smallest absolute Gasteiger partial charge is 0.411 e. The Hall–Kier alpha value is -2.91. The van der Waals surface area contributed by atoms with E-state index in [9.17, 15) is 4.79 Å². The fourth-order valence-electron chi connectivity index (χ4n) is 2.19. The third kappa shape index (κ3) is 6.72. The van der Waals surface area contributed by atoms with Crippen LogP contribution in [-0.2, 0) is 11.3 Å². The number of aromatic amines is 1. The first-order chi connectivity index (χ1) is 12.1. The normalized spacial score (nSPS) is 9.30. The SMILES string of the molecule is CCOC(=O)Nc1ccc(NCc2ccc(OC)cc2OC)[nH+]c1N.O.[Cl-]. The number of H-pyrrole nitrogens is 1. The average Bonchev–Trinajstić information content (AvgIpc) is 2.62. The summed E-state index contributed by atoms with van der Waals surface area (Å²) in [6.07, 6.45) is -0.550. The molecule has 0 aliphatic rings. The van der Waals surface area contributed by atoms with Crippen LogP contribution in [0, 0.1) is 0 Å². The maximum absolute atomic E-state index is 11.4. The highest BCUT2D eigenvalue weighted by Crippen LogP contribution is 2.25. The van der Waals surface area contributed by atoms with E-state index in [0.29, 0.717) is 30.5 Å². The summed E-state index contributed by atoms with van der Waals surface area (Å²) in [7, 11) is 3.22. The minimum atomic E-state index is -0.550. The van der Waals surface area contributed by atoms with E-state index in [1.165, 1.54) is 0 Å². The van der Waals surface area contributed by atoms with Crippen molar-refractivity contribution in [2.75, 3.05) is 37.2 Å². The molecule has 0 bridgehead atoms. The number of halogens is 1. The van der Waals surface area contributed by atoms with Gasteiger partial charge in [-0.15, -0.1) is 0 Å². The molecule has 0 radical (unpaired) electrons. The lowest BCUT2D eigenvalue weighted by Gasteiger charge is -2.10. The summed E-state index contributed by atoms with van der Waals surface area (Å²) >= 11 is 0. The van der Waals surface area contributed by atoms with Crippen LogP contribution in [0.15, 0.2) is 30.3 Å². The van der Waals surface area contributed by atoms with Gasteiger partial charge in [-0.2, -0.15) is 0 Å². The van der Waals surface area contributed by atoms with Gasteiger partial charge in [0, 0.05) is 17.7 Å². The van der Waals surface area contributed by atoms with Gasteiger partial charge >= 0.3 is 6.09 Å². The van der Waals surface area contributed by atoms with E-state index in [-0.39, 0.29) is 17.9 Å². The molecule has 0 aliphatic carbocycles. The molecule has 0 fully saturated rings. The molecule has 1 aromatic carbocycles. The Balaban J connectivity index is 0.00000338. The molecule has 0 saturated carbocycles. The quantitative estimate of drug-likeness (QED) is 0.514. The number of methoxy groups -OCH3 is 2. The summed E-state index contributed by atoms with van der Waals surface area (Å²) in [6, 6.07) is 9.07. The summed E-state index contributed by atoms with van der Waals surface area (Å²) in [4.78, 5) is 14.4. The summed E-state index contributed by atoms with van der Waals surface area (Å²) in [5, 5.41) is 5.78. The van der Waals surface area contributed by atoms with E-state index in [4.69, 9.17) is 19.9 Å². The van der Waals surface area contributed by atoms with Crippen LogP contribution in [0.5, 0.6) is 11.5 Å². The summed E-state index contributed by atoms with van der Waals surface area (Å²) < 4.78 is 15.4. The molecule has 0 spiro atoms. The molecule has 27 heavy (non-hydrogen) atoms. The molecular formula is C17H25ClN4O5. The van der Waals surface area contributed by atoms with Crippen molar-refractivity contribution in [3.8, 4) is 11.5 Å². The van der Waals surface area contributed by atoms with Gasteiger partial charge in [0.15, 0.2) is 0 Å². The number of aromatic nitrogens is 1. The van der Waals surface area contributed by atoms with Gasteiger partial charge in [-0.1, -0.05) is 0 Å². The lowest BCUT2D eigenvalue weighted by atomic mass is 10.2. The Morgan fingerprint density at radius 2 is 1.93 bits per heavy atom. The predicted molar refractivity (Wildman–Crippen MR) is 98.5 cm³/mol. The van der Waals surface area contributed by atoms with Crippen molar-refractivity contribution in [3.05, 3.63) is 35.9 Å². The largest absolute Gasteiger partial charge is 1.00 e. The Bertz CT molecular complexity index is 745. The Morgan fingerprint density at radius 3 is 2.52 bits per heavy atom. The molecule has 150 valence electrons. The number of carbonyl (C=O) groups is 1. The van der Waals surface area contributed by atoms with Crippen LogP contribution in [0.3, 0.4) is 0 Å². The number of anilines is 3. The number of hydrogen-bond donors (Lipinski definition) is 3. The highest BCUT2D eigenvalue weighted by Gasteiger charge is 2.12. The van der Waals surface area contributed by atoms with Crippen LogP contribution >= 0.6 is 0 Å². The number of nitrogens with two attached hydrogens (primary N) is 1. The highest BCUT2D eigenvalue weighted by molar-refractivity contribution is 5.87. The van der Waals surface area contributed by atoms with Crippen molar-refractivity contribution in [1.29, 1.82) is 0 Å². The first kappa shape index (κ1) is 24.1. The Labute approximate surface area is 163 Å². The zero-order valence-corrected chi connectivity index (χ0v) is 16.1. The number of amides is 1. The van der Waals surface area contributed by atoms with Crippen molar-refractivity contribution < 1.29 is 41.9 Å². The lowest BCUT2D eigenvalue weighted by molar-refractivity contribution is -0.342. The molecule has 1 aromatic heterocycles. The molecule has 9 nitrogen and oxygen atoms in total. The van der Waals surface area contributed by atoms with E-state index in [1.54, 1.807) is 33.3 Å². The van der Waals surface area contributed by atoms with E-state index in [2.05, 4.69) is 15.6 Å². The summed E-state index contributed by atoms with van der Waals surface area (Å²) in [6.45, 7) is 2.54. The van der Waals surface area contributed by atoms with Crippen LogP contribution in [0.25, 0.3) is 0 Å². The van der Waals surface area contributed by atoms with Crippen molar-refractivity contribution in [3.63, 3.8) is 0 Å². The second-order valence-electron chi connectivity index (χ2n) is 5.08. The standard InChI is InChI=1S/C17H22N4O4.ClH.H2O/c1-4-25-17(22)20-13-7-8-15(21-16(13)18)19-10-11-5-6-12(23-2)9-14(11)24-3;;/h5-9H,4,10H2,1-3H3,(H,20,22)(H3,18,19,21);1H;1H2. The lowest BCUT2D eigenvalue weighted by Crippen LogP contribution is -3.00. The van der Waals surface area contributed by atoms with Gasteiger partial charge in [-0.3, -0.25) is 5.32 Å². The number of nitrogen functional groups attached to an aromatic ring is 1. The van der Waals surface area contributed by atoms with E-state index >= 15 is 0 Å². The van der Waals surface area contributed by atoms with Gasteiger partial charge in [-0.25, -0.2) is 9.78 Å². The van der Waals surface area contributed by atoms with Gasteiger partial charge in [0.1, 0.15) is 17.2 Å². The molecule has 0 aliphatic heterocycles. The van der Waals surface area contributed by atoms with Gasteiger partial charge in [-0.05, 0) is 25.1 Å². The number of pyridine rings is 1. The second kappa shape index (κ2) is 11.7. The second-order valence-corrected chi connectivity index (χ2v) is 5.08. The van der Waals surface area contributed by atoms with Crippen LogP contribution in [0.1, 0.15) is 12.5 Å². The fourth-order valence-corrected chi connectivity index (χ4v) is 2.19. The molecule has 1 amide bonds. The van der Waals surface area contributed by atoms with Gasteiger partial charge in [0.2, 0.25) is 11.6 Å². The molecular weight excluding hydrogens is 376 g/mol. The van der Waals surface area contributed by atoms with Gasteiger partial charge in [0.25, 0.3) is 0 Å². The molecule has 0 unspecified atom stereocenters. The molecule has 7 N–H and O–H groups in total. The van der Waals surface area contributed by atoms with Crippen molar-refractivity contribution in [2.45, 2.75) is 13.5 Å². The third-order valence-corrected chi connectivity index (χ3v) is 3.45. The monoisotopic (exact) mass is 400 g/mol. The van der Waals surface area contributed by atoms with Crippen LogP contribution in [0.2, 0.25) is 0 Å². The number of rotatable bonds is 7. The third-order valence-electron chi connectivity index (χ3n) is 3.45. The van der Waals surface area contributed by atoms with Crippen LogP contribution < -0.4 is 43.2 Å². The predicted octanol–water partition coefficient (Wildman–Crippen LogP) is -1.54. The summed E-state index contributed by atoms with van der Waals surface area (Å²) in [5.74, 6) is 2.47. The highest BCUT2D eigenvalue weighted by atomic mass is 35.5. The maximum Gasteiger partial charge on any atom is 0.411 e. The number of carbonyl (C=O) groups excluding carboxylic acids is 1. The molecule has 0 atom stereocenters. The molecule has 1 heterocycles. The topological polar surface area (TPSA) is 140 Å². The molecule has 2 rings (SSSR count). The average molecular weight is 401 g/mol. The number of benzene rings is 1. The number of ether oxygens (including phenoxy) is 3. The zero-order chi connectivity index (χ0) is 18.2. The minimum absolute atomic E-state index is 0. The Kier molecular flexibility index (Phi) is 10.4. The fraction of sp³-hybridized carbons (Fsp3) is 0.294. The molecule has 2 aromatic rings. The van der Waals surface area contributed by atoms with E-state index in [1.807, 2.05) is 18.2 Å². The first-order valence-corrected chi connectivity index (χ1v) is 7.77. The van der Waals surface area contributed by atoms with E-state index in [0.717, 1.165) is 17.1 Å². The van der Waals surface area contributed by atoms with E-state index < -0.39 is 6.09 Å². The van der Waals surface area contributed by atoms with Crippen molar-refractivity contribution >= 4 is 23.4 Å². The minimum Gasteiger partial charge on any atom is -1.00 e.